The molecule has 0 amide bonds. The zero-order valence-electron chi connectivity index (χ0n) is 15.7. The first-order chi connectivity index (χ1) is 11.8. The van der Waals surface area contributed by atoms with Crippen molar-refractivity contribution in [3.8, 4) is 0 Å². The van der Waals surface area contributed by atoms with E-state index in [9.17, 15) is 4.39 Å². The lowest BCUT2D eigenvalue weighted by atomic mass is 9.90. The van der Waals surface area contributed by atoms with Gasteiger partial charge in [-0.05, 0) is 73.9 Å². The molecule has 0 fully saturated rings. The van der Waals surface area contributed by atoms with E-state index < -0.39 is 0 Å². The van der Waals surface area contributed by atoms with Crippen molar-refractivity contribution in [2.45, 2.75) is 47.0 Å². The van der Waals surface area contributed by atoms with E-state index in [1.54, 1.807) is 12.1 Å². The maximum Gasteiger partial charge on any atom is 0.140 e. The van der Waals surface area contributed by atoms with Crippen molar-refractivity contribution in [2.24, 2.45) is 0 Å². The molecule has 3 heteroatoms. The highest BCUT2D eigenvalue weighted by Crippen LogP contribution is 2.29. The monoisotopic (exact) mass is 336 g/mol. The first kappa shape index (κ1) is 17.4. The quantitative estimate of drug-likeness (QED) is 0.590. The van der Waals surface area contributed by atoms with Crippen molar-refractivity contribution in [3.05, 3.63) is 76.5 Å². The molecule has 2 heterocycles. The van der Waals surface area contributed by atoms with Crippen molar-refractivity contribution >= 4 is 11.2 Å². The standard InChI is InChI=1S/C22H25FN2/c1-13(2)21-17(6)24-22-18(10-14(3)12-25(21)22)11-16(5)20-15(4)8-7-9-19(20)23/h7-10,12,16H,1,11H2,2-6H3. The number of allylic oxidation sites excluding steroid dienone is 1. The summed E-state index contributed by atoms with van der Waals surface area (Å²) in [6.45, 7) is 14.2. The van der Waals surface area contributed by atoms with Gasteiger partial charge in [-0.1, -0.05) is 31.7 Å². The molecule has 25 heavy (non-hydrogen) atoms. The van der Waals surface area contributed by atoms with Gasteiger partial charge in [0, 0.05) is 6.20 Å². The molecule has 130 valence electrons. The van der Waals surface area contributed by atoms with Gasteiger partial charge in [0.25, 0.3) is 0 Å². The Labute approximate surface area is 149 Å². The second kappa shape index (κ2) is 6.47. The number of pyridine rings is 1. The Bertz CT molecular complexity index is 946. The number of aryl methyl sites for hydroxylation is 3. The van der Waals surface area contributed by atoms with E-state index >= 15 is 0 Å². The van der Waals surface area contributed by atoms with Crippen LogP contribution in [-0.2, 0) is 6.42 Å². The molecule has 0 aliphatic carbocycles. The van der Waals surface area contributed by atoms with E-state index in [2.05, 4.69) is 37.1 Å². The lowest BCUT2D eigenvalue weighted by Gasteiger charge is -2.17. The minimum atomic E-state index is -0.127. The van der Waals surface area contributed by atoms with Gasteiger partial charge in [-0.2, -0.15) is 0 Å². The number of nitrogens with zero attached hydrogens (tertiary/aromatic N) is 2. The predicted molar refractivity (Wildman–Crippen MR) is 103 cm³/mol. The molecule has 0 aliphatic rings. The van der Waals surface area contributed by atoms with Crippen LogP contribution in [0.4, 0.5) is 4.39 Å². The molecule has 0 bridgehead atoms. The molecular weight excluding hydrogens is 311 g/mol. The van der Waals surface area contributed by atoms with Crippen LogP contribution in [0, 0.1) is 26.6 Å². The summed E-state index contributed by atoms with van der Waals surface area (Å²) in [7, 11) is 0. The van der Waals surface area contributed by atoms with Crippen LogP contribution in [0.2, 0.25) is 0 Å². The van der Waals surface area contributed by atoms with Crippen molar-refractivity contribution in [2.75, 3.05) is 0 Å². The van der Waals surface area contributed by atoms with E-state index in [1.165, 1.54) is 5.56 Å². The molecule has 0 aliphatic heterocycles. The first-order valence-electron chi connectivity index (χ1n) is 8.68. The number of fused-ring (bicyclic) bond motifs is 1. The molecule has 0 saturated heterocycles. The number of hydrogen-bond acceptors (Lipinski definition) is 1. The number of hydrogen-bond donors (Lipinski definition) is 0. The summed E-state index contributed by atoms with van der Waals surface area (Å²) in [5.41, 5.74) is 8.10. The predicted octanol–water partition coefficient (Wildman–Crippen LogP) is 5.78. The van der Waals surface area contributed by atoms with Gasteiger partial charge in [0.15, 0.2) is 0 Å². The van der Waals surface area contributed by atoms with Gasteiger partial charge >= 0.3 is 0 Å². The molecule has 2 aromatic heterocycles. The van der Waals surface area contributed by atoms with E-state index in [-0.39, 0.29) is 11.7 Å². The second-order valence-electron chi connectivity index (χ2n) is 7.14. The highest BCUT2D eigenvalue weighted by molar-refractivity contribution is 5.66. The smallest absolute Gasteiger partial charge is 0.140 e. The summed E-state index contributed by atoms with van der Waals surface area (Å²) in [5, 5.41) is 0. The average molecular weight is 336 g/mol. The normalized spacial score (nSPS) is 12.6. The summed E-state index contributed by atoms with van der Waals surface area (Å²) in [6.07, 6.45) is 2.85. The van der Waals surface area contributed by atoms with Crippen molar-refractivity contribution < 1.29 is 4.39 Å². The van der Waals surface area contributed by atoms with Crippen molar-refractivity contribution in [1.82, 2.24) is 9.38 Å². The number of benzene rings is 1. The molecule has 0 radical (unpaired) electrons. The largest absolute Gasteiger partial charge is 0.299 e. The topological polar surface area (TPSA) is 17.3 Å². The Hall–Kier alpha value is -2.42. The summed E-state index contributed by atoms with van der Waals surface area (Å²) in [6, 6.07) is 7.45. The number of imidazole rings is 1. The molecule has 1 atom stereocenters. The first-order valence-corrected chi connectivity index (χ1v) is 8.68. The number of halogens is 1. The number of rotatable bonds is 4. The average Bonchev–Trinajstić information content (AvgIpc) is 2.83. The molecule has 3 aromatic rings. The van der Waals surface area contributed by atoms with Crippen molar-refractivity contribution in [3.63, 3.8) is 0 Å². The Kier molecular flexibility index (Phi) is 4.51. The second-order valence-corrected chi connectivity index (χ2v) is 7.14. The summed E-state index contributed by atoms with van der Waals surface area (Å²) in [5.74, 6) is -0.0459. The fourth-order valence-corrected chi connectivity index (χ4v) is 3.84. The Morgan fingerprint density at radius 3 is 2.64 bits per heavy atom. The van der Waals surface area contributed by atoms with E-state index in [0.29, 0.717) is 0 Å². The van der Waals surface area contributed by atoms with E-state index in [4.69, 9.17) is 4.98 Å². The Morgan fingerprint density at radius 2 is 2.00 bits per heavy atom. The van der Waals surface area contributed by atoms with Gasteiger partial charge in [0.2, 0.25) is 0 Å². The van der Waals surface area contributed by atoms with Gasteiger partial charge < -0.3 is 0 Å². The van der Waals surface area contributed by atoms with Gasteiger partial charge in [0.05, 0.1) is 11.4 Å². The molecule has 0 N–H and O–H groups in total. The lowest BCUT2D eigenvalue weighted by Crippen LogP contribution is -2.06. The molecule has 1 aromatic carbocycles. The fourth-order valence-electron chi connectivity index (χ4n) is 3.84. The Balaban J connectivity index is 2.10. The van der Waals surface area contributed by atoms with Crippen molar-refractivity contribution in [1.29, 1.82) is 0 Å². The van der Waals surface area contributed by atoms with Crippen LogP contribution < -0.4 is 0 Å². The molecular formula is C22H25FN2. The molecule has 2 nitrogen and oxygen atoms in total. The van der Waals surface area contributed by atoms with E-state index in [0.717, 1.165) is 45.7 Å². The number of aromatic nitrogens is 2. The van der Waals surface area contributed by atoms with Gasteiger partial charge in [0.1, 0.15) is 11.5 Å². The highest BCUT2D eigenvalue weighted by atomic mass is 19.1. The SMILES string of the molecule is C=C(C)c1c(C)nc2c(CC(C)c3c(C)cccc3F)cc(C)cn12. The zero-order valence-corrected chi connectivity index (χ0v) is 15.7. The maximum atomic E-state index is 14.3. The van der Waals surface area contributed by atoms with Crippen LogP contribution in [0.3, 0.4) is 0 Å². The summed E-state index contributed by atoms with van der Waals surface area (Å²) < 4.78 is 16.5. The fraction of sp³-hybridized carbons (Fsp3) is 0.318. The molecule has 1 unspecified atom stereocenters. The highest BCUT2D eigenvalue weighted by Gasteiger charge is 2.18. The third-order valence-corrected chi connectivity index (χ3v) is 4.80. The molecule has 3 rings (SSSR count). The van der Waals surface area contributed by atoms with Gasteiger partial charge in [-0.3, -0.25) is 4.40 Å². The van der Waals surface area contributed by atoms with Gasteiger partial charge in [-0.15, -0.1) is 0 Å². The summed E-state index contributed by atoms with van der Waals surface area (Å²) >= 11 is 0. The van der Waals surface area contributed by atoms with Crippen LogP contribution in [0.5, 0.6) is 0 Å². The van der Waals surface area contributed by atoms with Gasteiger partial charge in [-0.25, -0.2) is 9.37 Å². The minimum absolute atomic E-state index is 0.0806. The third-order valence-electron chi connectivity index (χ3n) is 4.80. The molecule has 0 spiro atoms. The third kappa shape index (κ3) is 3.11. The summed E-state index contributed by atoms with van der Waals surface area (Å²) in [4.78, 5) is 4.78. The molecule has 0 saturated carbocycles. The maximum absolute atomic E-state index is 14.3. The van der Waals surface area contributed by atoms with Crippen LogP contribution in [0.1, 0.15) is 53.4 Å². The van der Waals surface area contributed by atoms with Crippen LogP contribution in [0.25, 0.3) is 11.2 Å². The van der Waals surface area contributed by atoms with Crippen LogP contribution in [0.15, 0.2) is 37.0 Å². The lowest BCUT2D eigenvalue weighted by molar-refractivity contribution is 0.585. The zero-order chi connectivity index (χ0) is 18.3. The Morgan fingerprint density at radius 1 is 1.28 bits per heavy atom. The van der Waals surface area contributed by atoms with E-state index in [1.807, 2.05) is 26.8 Å². The van der Waals surface area contributed by atoms with Crippen LogP contribution in [-0.4, -0.2) is 9.38 Å². The minimum Gasteiger partial charge on any atom is -0.299 e. The van der Waals surface area contributed by atoms with Crippen LogP contribution >= 0.6 is 0 Å².